The van der Waals surface area contributed by atoms with Gasteiger partial charge in [0.15, 0.2) is 5.96 Å². The van der Waals surface area contributed by atoms with Crippen molar-refractivity contribution in [2.24, 2.45) is 10.4 Å². The van der Waals surface area contributed by atoms with E-state index in [1.54, 1.807) is 13.1 Å². The monoisotopic (exact) mass is 359 g/mol. The molecule has 1 fully saturated rings. The summed E-state index contributed by atoms with van der Waals surface area (Å²) in [6.07, 6.45) is 1.67. The van der Waals surface area contributed by atoms with Crippen LogP contribution in [0.1, 0.15) is 18.4 Å². The maximum atomic E-state index is 9.26. The highest BCUT2D eigenvalue weighted by atomic mass is 35.5. The van der Waals surface area contributed by atoms with E-state index in [2.05, 4.69) is 15.6 Å². The molecule has 0 aromatic heterocycles. The summed E-state index contributed by atoms with van der Waals surface area (Å²) < 4.78 is 5.49. The molecule has 1 aliphatic rings. The Morgan fingerprint density at radius 3 is 2.83 bits per heavy atom. The standard InChI is InChI=1S/C16H23Cl2N3O2/c1-19-15(20-9-12-2-3-13(17)8-14(12)18)21-10-16(4-6-22)5-7-23-11-16/h2-3,8,22H,4-7,9-11H2,1H3,(H2,19,20,21). The molecule has 1 aliphatic heterocycles. The van der Waals surface area contributed by atoms with E-state index >= 15 is 0 Å². The summed E-state index contributed by atoms with van der Waals surface area (Å²) in [6.45, 7) is 2.84. The highest BCUT2D eigenvalue weighted by Crippen LogP contribution is 2.31. The zero-order chi connectivity index (χ0) is 16.7. The normalized spacial score (nSPS) is 21.5. The summed E-state index contributed by atoms with van der Waals surface area (Å²) in [5.41, 5.74) is 0.929. The Bertz CT molecular complexity index is 546. The Morgan fingerprint density at radius 2 is 2.22 bits per heavy atom. The van der Waals surface area contributed by atoms with Crippen molar-refractivity contribution in [1.82, 2.24) is 10.6 Å². The molecule has 2 rings (SSSR count). The Morgan fingerprint density at radius 1 is 1.39 bits per heavy atom. The molecule has 0 amide bonds. The molecule has 0 radical (unpaired) electrons. The number of aliphatic hydroxyl groups excluding tert-OH is 1. The molecule has 1 unspecified atom stereocenters. The Balaban J connectivity index is 1.88. The number of hydrogen-bond donors (Lipinski definition) is 3. The fourth-order valence-electron chi connectivity index (χ4n) is 2.65. The van der Waals surface area contributed by atoms with E-state index in [1.807, 2.05) is 12.1 Å². The van der Waals surface area contributed by atoms with Crippen molar-refractivity contribution in [3.05, 3.63) is 33.8 Å². The van der Waals surface area contributed by atoms with Crippen LogP contribution < -0.4 is 10.6 Å². The van der Waals surface area contributed by atoms with E-state index in [-0.39, 0.29) is 12.0 Å². The number of rotatable bonds is 6. The lowest BCUT2D eigenvalue weighted by atomic mass is 9.84. The van der Waals surface area contributed by atoms with E-state index in [9.17, 15) is 5.11 Å². The van der Waals surface area contributed by atoms with Crippen LogP contribution in [0.5, 0.6) is 0 Å². The quantitative estimate of drug-likeness (QED) is 0.539. The number of hydrogen-bond acceptors (Lipinski definition) is 3. The molecule has 1 aromatic rings. The first-order valence-electron chi connectivity index (χ1n) is 7.66. The van der Waals surface area contributed by atoms with E-state index in [0.29, 0.717) is 35.7 Å². The van der Waals surface area contributed by atoms with Gasteiger partial charge in [0.25, 0.3) is 0 Å². The van der Waals surface area contributed by atoms with Crippen LogP contribution in [-0.2, 0) is 11.3 Å². The van der Waals surface area contributed by atoms with Gasteiger partial charge in [0, 0.05) is 48.8 Å². The van der Waals surface area contributed by atoms with Crippen molar-refractivity contribution in [1.29, 1.82) is 0 Å². The molecule has 0 saturated carbocycles. The smallest absolute Gasteiger partial charge is 0.191 e. The molecular weight excluding hydrogens is 337 g/mol. The third kappa shape index (κ3) is 5.24. The molecule has 0 spiro atoms. The minimum atomic E-state index is -0.0235. The van der Waals surface area contributed by atoms with Crippen LogP contribution in [0.2, 0.25) is 10.0 Å². The minimum Gasteiger partial charge on any atom is -0.396 e. The van der Waals surface area contributed by atoms with Gasteiger partial charge >= 0.3 is 0 Å². The van der Waals surface area contributed by atoms with E-state index in [0.717, 1.165) is 25.0 Å². The molecule has 3 N–H and O–H groups in total. The fourth-order valence-corrected chi connectivity index (χ4v) is 3.12. The van der Waals surface area contributed by atoms with Crippen molar-refractivity contribution in [3.8, 4) is 0 Å². The number of nitrogens with zero attached hydrogens (tertiary/aromatic N) is 1. The largest absolute Gasteiger partial charge is 0.396 e. The summed E-state index contributed by atoms with van der Waals surface area (Å²) >= 11 is 12.1. The molecule has 23 heavy (non-hydrogen) atoms. The Labute approximate surface area is 147 Å². The highest BCUT2D eigenvalue weighted by Gasteiger charge is 2.34. The topological polar surface area (TPSA) is 65.9 Å². The number of aliphatic imine (C=N–C) groups is 1. The Hall–Kier alpha value is -1.01. The Kier molecular flexibility index (Phi) is 6.96. The summed E-state index contributed by atoms with van der Waals surface area (Å²) in [5, 5.41) is 17.1. The van der Waals surface area contributed by atoms with Gasteiger partial charge in [0.2, 0.25) is 0 Å². The minimum absolute atomic E-state index is 0.0235. The summed E-state index contributed by atoms with van der Waals surface area (Å²) in [5.74, 6) is 0.695. The maximum absolute atomic E-state index is 9.26. The van der Waals surface area contributed by atoms with Gasteiger partial charge in [0.05, 0.1) is 6.61 Å². The molecular formula is C16H23Cl2N3O2. The van der Waals surface area contributed by atoms with Gasteiger partial charge < -0.3 is 20.5 Å². The number of nitrogens with one attached hydrogen (secondary N) is 2. The van der Waals surface area contributed by atoms with Crippen molar-refractivity contribution < 1.29 is 9.84 Å². The first-order valence-corrected chi connectivity index (χ1v) is 8.41. The molecule has 0 bridgehead atoms. The van der Waals surface area contributed by atoms with Gasteiger partial charge in [-0.25, -0.2) is 0 Å². The van der Waals surface area contributed by atoms with Crippen molar-refractivity contribution in [3.63, 3.8) is 0 Å². The predicted octanol–water partition coefficient (Wildman–Crippen LogP) is 2.45. The summed E-state index contributed by atoms with van der Waals surface area (Å²) in [4.78, 5) is 4.22. The van der Waals surface area contributed by atoms with Crippen LogP contribution in [0.3, 0.4) is 0 Å². The zero-order valence-electron chi connectivity index (χ0n) is 13.2. The third-order valence-electron chi connectivity index (χ3n) is 4.14. The number of ether oxygens (including phenoxy) is 1. The SMILES string of the molecule is CN=C(NCc1ccc(Cl)cc1Cl)NCC1(CCO)CCOC1. The lowest BCUT2D eigenvalue weighted by Gasteiger charge is -2.27. The van der Waals surface area contributed by atoms with Crippen LogP contribution >= 0.6 is 23.2 Å². The van der Waals surface area contributed by atoms with Crippen LogP contribution in [0, 0.1) is 5.41 Å². The molecule has 7 heteroatoms. The lowest BCUT2D eigenvalue weighted by molar-refractivity contribution is 0.127. The fraction of sp³-hybridized carbons (Fsp3) is 0.562. The number of guanidine groups is 1. The van der Waals surface area contributed by atoms with Crippen LogP contribution in [0.25, 0.3) is 0 Å². The predicted molar refractivity (Wildman–Crippen MR) is 94.2 cm³/mol. The van der Waals surface area contributed by atoms with E-state index in [4.69, 9.17) is 27.9 Å². The van der Waals surface area contributed by atoms with Gasteiger partial charge in [-0.05, 0) is 30.5 Å². The van der Waals surface area contributed by atoms with E-state index < -0.39 is 0 Å². The number of aliphatic hydroxyl groups is 1. The van der Waals surface area contributed by atoms with Crippen LogP contribution in [0.4, 0.5) is 0 Å². The second-order valence-corrected chi connectivity index (χ2v) is 6.63. The molecule has 1 atom stereocenters. The average Bonchev–Trinajstić information content (AvgIpc) is 2.98. The number of benzene rings is 1. The average molecular weight is 360 g/mol. The highest BCUT2D eigenvalue weighted by molar-refractivity contribution is 6.35. The van der Waals surface area contributed by atoms with Gasteiger partial charge in [-0.1, -0.05) is 29.3 Å². The third-order valence-corrected chi connectivity index (χ3v) is 4.73. The second-order valence-electron chi connectivity index (χ2n) is 5.79. The molecule has 1 saturated heterocycles. The van der Waals surface area contributed by atoms with Crippen molar-refractivity contribution in [2.75, 3.05) is 33.4 Å². The first-order chi connectivity index (χ1) is 11.1. The van der Waals surface area contributed by atoms with Gasteiger partial charge in [-0.15, -0.1) is 0 Å². The van der Waals surface area contributed by atoms with Gasteiger partial charge in [-0.2, -0.15) is 0 Å². The van der Waals surface area contributed by atoms with E-state index in [1.165, 1.54) is 0 Å². The van der Waals surface area contributed by atoms with Gasteiger partial charge in [-0.3, -0.25) is 4.99 Å². The summed E-state index contributed by atoms with van der Waals surface area (Å²) in [7, 11) is 1.72. The van der Waals surface area contributed by atoms with Crippen LogP contribution in [-0.4, -0.2) is 44.5 Å². The zero-order valence-corrected chi connectivity index (χ0v) is 14.8. The molecule has 128 valence electrons. The van der Waals surface area contributed by atoms with Crippen molar-refractivity contribution >= 4 is 29.2 Å². The van der Waals surface area contributed by atoms with Crippen LogP contribution in [0.15, 0.2) is 23.2 Å². The number of halogens is 2. The van der Waals surface area contributed by atoms with Gasteiger partial charge in [0.1, 0.15) is 0 Å². The van der Waals surface area contributed by atoms with Crippen molar-refractivity contribution in [2.45, 2.75) is 19.4 Å². The molecule has 1 aromatic carbocycles. The molecule has 5 nitrogen and oxygen atoms in total. The maximum Gasteiger partial charge on any atom is 0.191 e. The lowest BCUT2D eigenvalue weighted by Crippen LogP contribution is -2.44. The summed E-state index contributed by atoms with van der Waals surface area (Å²) in [6, 6.07) is 5.43. The first kappa shape index (κ1) is 18.3. The molecule has 0 aliphatic carbocycles. The molecule has 1 heterocycles. The second kappa shape index (κ2) is 8.73.